The van der Waals surface area contributed by atoms with Gasteiger partial charge in [-0.1, -0.05) is 18.9 Å². The summed E-state index contributed by atoms with van der Waals surface area (Å²) in [5, 5.41) is 8.52. The highest BCUT2D eigenvalue weighted by Crippen LogP contribution is 2.37. The Kier molecular flexibility index (Phi) is 5.40. The van der Waals surface area contributed by atoms with Crippen LogP contribution in [0.2, 0.25) is 0 Å². The first-order valence-corrected chi connectivity index (χ1v) is 8.11. The van der Waals surface area contributed by atoms with Crippen molar-refractivity contribution in [3.63, 3.8) is 0 Å². The van der Waals surface area contributed by atoms with Gasteiger partial charge in [0, 0.05) is 17.0 Å². The number of hydrogen-bond acceptors (Lipinski definition) is 3. The van der Waals surface area contributed by atoms with Crippen molar-refractivity contribution in [1.82, 2.24) is 10.6 Å². The van der Waals surface area contributed by atoms with Gasteiger partial charge in [0.1, 0.15) is 0 Å². The van der Waals surface area contributed by atoms with E-state index in [0.717, 1.165) is 0 Å². The predicted octanol–water partition coefficient (Wildman–Crippen LogP) is 3.09. The second kappa shape index (κ2) is 7.06. The number of carbonyl (C=O) groups excluding carboxylic acids is 1. The maximum Gasteiger partial charge on any atom is 0.234 e. The molecule has 0 unspecified atom stereocenters. The van der Waals surface area contributed by atoms with Crippen molar-refractivity contribution >= 4 is 17.2 Å². The summed E-state index contributed by atoms with van der Waals surface area (Å²) >= 11 is 1.79. The lowest BCUT2D eigenvalue weighted by atomic mass is 9.96. The van der Waals surface area contributed by atoms with E-state index in [1.165, 1.54) is 30.6 Å². The standard InChI is InChI=1S/C15H24N2OS/c1-11(2)17-14(18)10-16-15(12-6-3-4-7-12)13-8-5-9-19-13/h5,8-9,11-12,15-16H,3-4,6-7,10H2,1-2H3,(H,17,18)/t15-/m1/s1. The second-order valence-electron chi connectivity index (χ2n) is 5.64. The predicted molar refractivity (Wildman–Crippen MR) is 80.3 cm³/mol. The Morgan fingerprint density at radius 2 is 2.16 bits per heavy atom. The van der Waals surface area contributed by atoms with Crippen LogP contribution in [-0.2, 0) is 4.79 Å². The number of nitrogens with one attached hydrogen (secondary N) is 2. The van der Waals surface area contributed by atoms with Gasteiger partial charge in [0.2, 0.25) is 5.91 Å². The van der Waals surface area contributed by atoms with Crippen LogP contribution < -0.4 is 10.6 Å². The molecule has 1 aromatic heterocycles. The molecule has 1 aliphatic carbocycles. The molecule has 0 aliphatic heterocycles. The molecule has 1 heterocycles. The molecule has 0 radical (unpaired) electrons. The summed E-state index contributed by atoms with van der Waals surface area (Å²) in [4.78, 5) is 13.1. The lowest BCUT2D eigenvalue weighted by Gasteiger charge is -2.24. The van der Waals surface area contributed by atoms with E-state index in [0.29, 0.717) is 18.5 Å². The summed E-state index contributed by atoms with van der Waals surface area (Å²) in [5.41, 5.74) is 0. The minimum absolute atomic E-state index is 0.0922. The zero-order valence-corrected chi connectivity index (χ0v) is 12.6. The van der Waals surface area contributed by atoms with E-state index >= 15 is 0 Å². The fourth-order valence-corrected chi connectivity index (χ4v) is 3.73. The van der Waals surface area contributed by atoms with Crippen LogP contribution in [0.15, 0.2) is 17.5 Å². The molecule has 1 aromatic rings. The van der Waals surface area contributed by atoms with Gasteiger partial charge >= 0.3 is 0 Å². The van der Waals surface area contributed by atoms with Gasteiger partial charge in [-0.15, -0.1) is 11.3 Å². The summed E-state index contributed by atoms with van der Waals surface area (Å²) in [7, 11) is 0. The summed E-state index contributed by atoms with van der Waals surface area (Å²) in [6.45, 7) is 4.40. The lowest BCUT2D eigenvalue weighted by Crippen LogP contribution is -2.40. The van der Waals surface area contributed by atoms with E-state index in [9.17, 15) is 4.79 Å². The number of carbonyl (C=O) groups is 1. The molecular weight excluding hydrogens is 256 g/mol. The maximum absolute atomic E-state index is 11.8. The monoisotopic (exact) mass is 280 g/mol. The van der Waals surface area contributed by atoms with Gasteiger partial charge in [0.25, 0.3) is 0 Å². The van der Waals surface area contributed by atoms with Gasteiger partial charge in [-0.25, -0.2) is 0 Å². The van der Waals surface area contributed by atoms with Crippen LogP contribution in [-0.4, -0.2) is 18.5 Å². The van der Waals surface area contributed by atoms with Crippen LogP contribution in [0.4, 0.5) is 0 Å². The molecule has 1 atom stereocenters. The quantitative estimate of drug-likeness (QED) is 0.840. The molecule has 0 spiro atoms. The fraction of sp³-hybridized carbons (Fsp3) is 0.667. The smallest absolute Gasteiger partial charge is 0.234 e. The molecule has 1 saturated carbocycles. The number of rotatable bonds is 6. The first-order valence-electron chi connectivity index (χ1n) is 7.23. The van der Waals surface area contributed by atoms with Crippen molar-refractivity contribution in [2.45, 2.75) is 51.6 Å². The maximum atomic E-state index is 11.8. The lowest BCUT2D eigenvalue weighted by molar-refractivity contribution is -0.120. The normalized spacial score (nSPS) is 17.8. The fourth-order valence-electron chi connectivity index (χ4n) is 2.83. The van der Waals surface area contributed by atoms with E-state index < -0.39 is 0 Å². The third-order valence-corrected chi connectivity index (χ3v) is 4.61. The summed E-state index contributed by atoms with van der Waals surface area (Å²) in [6, 6.07) is 4.83. The third kappa shape index (κ3) is 4.32. The highest BCUT2D eigenvalue weighted by Gasteiger charge is 2.27. The molecule has 106 valence electrons. The number of thiophene rings is 1. The molecule has 0 aromatic carbocycles. The van der Waals surface area contributed by atoms with E-state index in [-0.39, 0.29) is 11.9 Å². The highest BCUT2D eigenvalue weighted by molar-refractivity contribution is 7.10. The summed E-state index contributed by atoms with van der Waals surface area (Å²) in [5.74, 6) is 0.778. The molecular formula is C15H24N2OS. The van der Waals surface area contributed by atoms with Gasteiger partial charge in [-0.3, -0.25) is 4.79 Å². The Bertz CT molecular complexity index is 383. The van der Waals surface area contributed by atoms with Gasteiger partial charge < -0.3 is 10.6 Å². The molecule has 2 rings (SSSR count). The van der Waals surface area contributed by atoms with E-state index in [4.69, 9.17) is 0 Å². The van der Waals surface area contributed by atoms with E-state index in [1.54, 1.807) is 11.3 Å². The van der Waals surface area contributed by atoms with Gasteiger partial charge in [0.05, 0.1) is 6.54 Å². The average molecular weight is 280 g/mol. The van der Waals surface area contributed by atoms with Crippen molar-refractivity contribution in [1.29, 1.82) is 0 Å². The Morgan fingerprint density at radius 1 is 1.42 bits per heavy atom. The molecule has 19 heavy (non-hydrogen) atoms. The van der Waals surface area contributed by atoms with Crippen LogP contribution >= 0.6 is 11.3 Å². The molecule has 0 bridgehead atoms. The van der Waals surface area contributed by atoms with Crippen molar-refractivity contribution in [2.24, 2.45) is 5.92 Å². The van der Waals surface area contributed by atoms with Crippen molar-refractivity contribution in [2.75, 3.05) is 6.54 Å². The number of amides is 1. The number of hydrogen-bond donors (Lipinski definition) is 2. The van der Waals surface area contributed by atoms with Crippen molar-refractivity contribution < 1.29 is 4.79 Å². The Morgan fingerprint density at radius 3 is 2.74 bits per heavy atom. The molecule has 3 nitrogen and oxygen atoms in total. The summed E-state index contributed by atoms with van der Waals surface area (Å²) in [6.07, 6.45) is 5.21. The highest BCUT2D eigenvalue weighted by atomic mass is 32.1. The van der Waals surface area contributed by atoms with Gasteiger partial charge in [-0.05, 0) is 44.1 Å². The van der Waals surface area contributed by atoms with Crippen LogP contribution in [0.25, 0.3) is 0 Å². The van der Waals surface area contributed by atoms with E-state index in [1.807, 2.05) is 13.8 Å². The molecule has 2 N–H and O–H groups in total. The molecule has 1 fully saturated rings. The minimum atomic E-state index is 0.0922. The molecule has 1 amide bonds. The zero-order valence-electron chi connectivity index (χ0n) is 11.8. The molecule has 0 saturated heterocycles. The topological polar surface area (TPSA) is 41.1 Å². The van der Waals surface area contributed by atoms with E-state index in [2.05, 4.69) is 28.1 Å². The van der Waals surface area contributed by atoms with Crippen LogP contribution in [0, 0.1) is 5.92 Å². The Labute approximate surface area is 119 Å². The minimum Gasteiger partial charge on any atom is -0.353 e. The van der Waals surface area contributed by atoms with Crippen LogP contribution in [0.5, 0.6) is 0 Å². The van der Waals surface area contributed by atoms with Crippen LogP contribution in [0.1, 0.15) is 50.4 Å². The Hall–Kier alpha value is -0.870. The first-order chi connectivity index (χ1) is 9.16. The average Bonchev–Trinajstić information content (AvgIpc) is 3.00. The zero-order chi connectivity index (χ0) is 13.7. The second-order valence-corrected chi connectivity index (χ2v) is 6.62. The SMILES string of the molecule is CC(C)NC(=O)CN[C@@H](c1cccs1)C1CCCC1. The third-order valence-electron chi connectivity index (χ3n) is 3.65. The largest absolute Gasteiger partial charge is 0.353 e. The van der Waals surface area contributed by atoms with Gasteiger partial charge in [0.15, 0.2) is 0 Å². The van der Waals surface area contributed by atoms with Gasteiger partial charge in [-0.2, -0.15) is 0 Å². The molecule has 4 heteroatoms. The van der Waals surface area contributed by atoms with Crippen molar-refractivity contribution in [3.05, 3.63) is 22.4 Å². The first kappa shape index (κ1) is 14.5. The summed E-state index contributed by atoms with van der Waals surface area (Å²) < 4.78 is 0. The molecule has 1 aliphatic rings. The van der Waals surface area contributed by atoms with Crippen molar-refractivity contribution in [3.8, 4) is 0 Å². The Balaban J connectivity index is 1.92. The van der Waals surface area contributed by atoms with Crippen LogP contribution in [0.3, 0.4) is 0 Å².